The highest BCUT2D eigenvalue weighted by Gasteiger charge is 2.14. The molecule has 158 valence electrons. The minimum atomic E-state index is -0.847. The molecule has 0 radical (unpaired) electrons. The van der Waals surface area contributed by atoms with Crippen LogP contribution in [0.5, 0.6) is 0 Å². The molecule has 0 saturated carbocycles. The first-order valence-corrected chi connectivity index (χ1v) is 10.8. The van der Waals surface area contributed by atoms with Crippen molar-refractivity contribution in [1.29, 1.82) is 0 Å². The van der Waals surface area contributed by atoms with Crippen LogP contribution in [0, 0.1) is 11.6 Å². The van der Waals surface area contributed by atoms with E-state index in [2.05, 4.69) is 31.0 Å². The second-order valence-corrected chi connectivity index (χ2v) is 7.76. The molecule has 31 heavy (non-hydrogen) atoms. The van der Waals surface area contributed by atoms with E-state index in [-0.39, 0.29) is 0 Å². The Labute approximate surface area is 181 Å². The quantitative estimate of drug-likeness (QED) is 0.346. The van der Waals surface area contributed by atoms with Crippen molar-refractivity contribution >= 4 is 10.9 Å². The van der Waals surface area contributed by atoms with Crippen molar-refractivity contribution < 1.29 is 8.78 Å². The number of halogens is 2. The summed E-state index contributed by atoms with van der Waals surface area (Å²) >= 11 is 0. The van der Waals surface area contributed by atoms with Crippen LogP contribution in [0.15, 0.2) is 54.9 Å². The first-order valence-electron chi connectivity index (χ1n) is 10.8. The maximum absolute atomic E-state index is 13.8. The molecular weight excluding hydrogens is 392 g/mol. The Hall–Kier alpha value is -3.21. The maximum atomic E-state index is 13.8. The second kappa shape index (κ2) is 9.29. The van der Waals surface area contributed by atoms with E-state index in [4.69, 9.17) is 9.97 Å². The third-order valence-corrected chi connectivity index (χ3v) is 5.55. The number of rotatable bonds is 7. The van der Waals surface area contributed by atoms with Crippen LogP contribution in [-0.2, 0) is 19.3 Å². The van der Waals surface area contributed by atoms with Crippen molar-refractivity contribution in [2.75, 3.05) is 0 Å². The molecule has 4 rings (SSSR count). The Morgan fingerprint density at radius 2 is 1.77 bits per heavy atom. The molecule has 0 aliphatic carbocycles. The number of pyridine rings is 1. The number of benzene rings is 2. The van der Waals surface area contributed by atoms with Gasteiger partial charge in [0, 0.05) is 29.8 Å². The van der Waals surface area contributed by atoms with Crippen LogP contribution in [0.2, 0.25) is 0 Å². The molecule has 0 atom stereocenters. The lowest BCUT2D eigenvalue weighted by Crippen LogP contribution is -2.03. The molecule has 3 nitrogen and oxygen atoms in total. The van der Waals surface area contributed by atoms with Crippen molar-refractivity contribution in [3.63, 3.8) is 0 Å². The maximum Gasteiger partial charge on any atom is 0.161 e. The molecule has 0 amide bonds. The number of fused-ring (bicyclic) bond motifs is 1. The molecule has 2 aromatic heterocycles. The van der Waals surface area contributed by atoms with E-state index < -0.39 is 11.6 Å². The van der Waals surface area contributed by atoms with E-state index in [9.17, 15) is 8.78 Å². The van der Waals surface area contributed by atoms with Gasteiger partial charge >= 0.3 is 0 Å². The zero-order valence-corrected chi connectivity index (χ0v) is 17.8. The van der Waals surface area contributed by atoms with Gasteiger partial charge in [0.2, 0.25) is 0 Å². The van der Waals surface area contributed by atoms with Crippen LogP contribution in [0.4, 0.5) is 8.78 Å². The molecule has 0 unspecified atom stereocenters. The monoisotopic (exact) mass is 417 g/mol. The van der Waals surface area contributed by atoms with Gasteiger partial charge in [-0.1, -0.05) is 26.3 Å². The van der Waals surface area contributed by atoms with E-state index in [0.29, 0.717) is 17.8 Å². The van der Waals surface area contributed by atoms with Crippen LogP contribution < -0.4 is 0 Å². The molecule has 0 N–H and O–H groups in total. The van der Waals surface area contributed by atoms with Gasteiger partial charge in [-0.2, -0.15) is 0 Å². The van der Waals surface area contributed by atoms with Gasteiger partial charge in [0.25, 0.3) is 0 Å². The minimum Gasteiger partial charge on any atom is -0.264 e. The number of nitrogens with zero attached hydrogens (tertiary/aromatic N) is 3. The number of unbranched alkanes of at least 4 members (excludes halogenated alkanes) is 1. The van der Waals surface area contributed by atoms with E-state index in [0.717, 1.165) is 53.9 Å². The Balaban J connectivity index is 1.89. The van der Waals surface area contributed by atoms with Crippen molar-refractivity contribution in [2.45, 2.75) is 46.0 Å². The van der Waals surface area contributed by atoms with Gasteiger partial charge in [-0.15, -0.1) is 0 Å². The van der Waals surface area contributed by atoms with Gasteiger partial charge in [0.05, 0.1) is 11.2 Å². The fourth-order valence-corrected chi connectivity index (χ4v) is 3.86. The summed E-state index contributed by atoms with van der Waals surface area (Å²) in [6, 6.07) is 12.1. The van der Waals surface area contributed by atoms with Crippen molar-refractivity contribution in [3.05, 3.63) is 88.9 Å². The van der Waals surface area contributed by atoms with E-state index in [1.165, 1.54) is 17.2 Å². The van der Waals surface area contributed by atoms with Crippen molar-refractivity contribution in [1.82, 2.24) is 15.0 Å². The molecule has 0 saturated heterocycles. The largest absolute Gasteiger partial charge is 0.264 e. The molecule has 0 bridgehead atoms. The highest BCUT2D eigenvalue weighted by molar-refractivity contribution is 5.84. The second-order valence-electron chi connectivity index (χ2n) is 7.76. The van der Waals surface area contributed by atoms with E-state index in [1.807, 2.05) is 12.1 Å². The molecule has 0 fully saturated rings. The molecule has 4 aromatic rings. The average molecular weight is 418 g/mol. The summed E-state index contributed by atoms with van der Waals surface area (Å²) in [5.41, 5.74) is 5.75. The fraction of sp³-hybridized carbons (Fsp3) is 0.269. The van der Waals surface area contributed by atoms with E-state index in [1.54, 1.807) is 18.5 Å². The summed E-state index contributed by atoms with van der Waals surface area (Å²) in [4.78, 5) is 13.8. The van der Waals surface area contributed by atoms with Crippen molar-refractivity contribution in [3.8, 4) is 11.4 Å². The van der Waals surface area contributed by atoms with Gasteiger partial charge in [-0.05, 0) is 72.4 Å². The Morgan fingerprint density at radius 3 is 2.48 bits per heavy atom. The lowest BCUT2D eigenvalue weighted by atomic mass is 9.95. The normalized spacial score (nSPS) is 11.2. The van der Waals surface area contributed by atoms with Crippen LogP contribution in [0.3, 0.4) is 0 Å². The van der Waals surface area contributed by atoms with E-state index >= 15 is 0 Å². The molecule has 2 heterocycles. The third kappa shape index (κ3) is 4.61. The number of aromatic nitrogens is 3. The number of aryl methyl sites for hydroxylation is 2. The molecular formula is C26H25F2N3. The SMILES string of the molecule is CCCCc1cc2c(Cc3ccc(F)c(F)c3)nc(-c3cccnc3)nc2cc1CC. The molecule has 0 spiro atoms. The number of hydrogen-bond acceptors (Lipinski definition) is 3. The summed E-state index contributed by atoms with van der Waals surface area (Å²) in [5.74, 6) is -1.11. The first-order chi connectivity index (χ1) is 15.1. The Morgan fingerprint density at radius 1 is 0.903 bits per heavy atom. The Bertz CT molecular complexity index is 1210. The fourth-order valence-electron chi connectivity index (χ4n) is 3.86. The lowest BCUT2D eigenvalue weighted by Gasteiger charge is -2.14. The smallest absolute Gasteiger partial charge is 0.161 e. The van der Waals surface area contributed by atoms with Gasteiger partial charge in [0.1, 0.15) is 0 Å². The summed E-state index contributed by atoms with van der Waals surface area (Å²) < 4.78 is 27.2. The summed E-state index contributed by atoms with van der Waals surface area (Å²) in [7, 11) is 0. The molecule has 0 aliphatic heterocycles. The van der Waals surface area contributed by atoms with Crippen LogP contribution in [-0.4, -0.2) is 15.0 Å². The summed E-state index contributed by atoms with van der Waals surface area (Å²) in [5, 5.41) is 0.959. The zero-order valence-electron chi connectivity index (χ0n) is 17.8. The predicted molar refractivity (Wildman–Crippen MR) is 120 cm³/mol. The summed E-state index contributed by atoms with van der Waals surface area (Å²) in [6.07, 6.45) is 8.01. The lowest BCUT2D eigenvalue weighted by molar-refractivity contribution is 0.507. The molecule has 2 aromatic carbocycles. The molecule has 0 aliphatic rings. The summed E-state index contributed by atoms with van der Waals surface area (Å²) in [6.45, 7) is 4.34. The first kappa shape index (κ1) is 21.0. The van der Waals surface area contributed by atoms with Crippen LogP contribution in [0.1, 0.15) is 49.1 Å². The zero-order chi connectivity index (χ0) is 21.8. The third-order valence-electron chi connectivity index (χ3n) is 5.55. The van der Waals surface area contributed by atoms with Gasteiger partial charge in [0.15, 0.2) is 17.5 Å². The van der Waals surface area contributed by atoms with Crippen LogP contribution in [0.25, 0.3) is 22.3 Å². The van der Waals surface area contributed by atoms with Crippen molar-refractivity contribution in [2.24, 2.45) is 0 Å². The highest BCUT2D eigenvalue weighted by Crippen LogP contribution is 2.28. The average Bonchev–Trinajstić information content (AvgIpc) is 2.80. The van der Waals surface area contributed by atoms with Gasteiger partial charge < -0.3 is 0 Å². The van der Waals surface area contributed by atoms with Gasteiger partial charge in [-0.25, -0.2) is 18.7 Å². The highest BCUT2D eigenvalue weighted by atomic mass is 19.2. The number of hydrogen-bond donors (Lipinski definition) is 0. The van der Waals surface area contributed by atoms with Crippen LogP contribution >= 0.6 is 0 Å². The molecule has 5 heteroatoms. The standard InChI is InChI=1S/C26H25F2N3/c1-3-5-7-19-14-21-24(13-17-9-10-22(27)23(28)12-17)30-26(20-8-6-11-29-16-20)31-25(21)15-18(19)4-2/h6,8-12,14-16H,3-5,7,13H2,1-2H3. The topological polar surface area (TPSA) is 38.7 Å². The minimum absolute atomic E-state index is 0.391. The Kier molecular flexibility index (Phi) is 6.31. The van der Waals surface area contributed by atoms with Gasteiger partial charge in [-0.3, -0.25) is 4.98 Å². The predicted octanol–water partition coefficient (Wildman–Crippen LogP) is 6.47.